The maximum absolute atomic E-state index is 11.1. The van der Waals surface area contributed by atoms with Crippen molar-refractivity contribution in [2.75, 3.05) is 0 Å². The number of hydrogen-bond donors (Lipinski definition) is 2. The molecule has 0 aromatic carbocycles. The number of aliphatic carboxylic acids is 1. The van der Waals surface area contributed by atoms with Crippen LogP contribution < -0.4 is 5.73 Å². The zero-order valence-electron chi connectivity index (χ0n) is 7.84. The quantitative estimate of drug-likeness (QED) is 0.624. The predicted octanol–water partition coefficient (Wildman–Crippen LogP) is 0.982. The molecule has 1 aliphatic rings. The van der Waals surface area contributed by atoms with Gasteiger partial charge in [0.2, 0.25) is 0 Å². The molecule has 1 saturated carbocycles. The summed E-state index contributed by atoms with van der Waals surface area (Å²) < 4.78 is 0. The molecule has 0 aromatic heterocycles. The zero-order chi connectivity index (χ0) is 9.90. The van der Waals surface area contributed by atoms with Gasteiger partial charge >= 0.3 is 5.97 Å². The fraction of sp³-hybridized carbons (Fsp3) is 0.700. The van der Waals surface area contributed by atoms with Crippen molar-refractivity contribution in [3.05, 3.63) is 0 Å². The first-order valence-corrected chi connectivity index (χ1v) is 4.52. The van der Waals surface area contributed by atoms with Gasteiger partial charge in [-0.25, -0.2) is 0 Å². The van der Waals surface area contributed by atoms with Gasteiger partial charge in [0.1, 0.15) is 0 Å². The molecule has 0 spiro atoms. The van der Waals surface area contributed by atoms with Crippen LogP contribution >= 0.6 is 0 Å². The molecule has 0 saturated heterocycles. The highest BCUT2D eigenvalue weighted by Crippen LogP contribution is 2.40. The highest BCUT2D eigenvalue weighted by atomic mass is 16.4. The summed E-state index contributed by atoms with van der Waals surface area (Å²) in [4.78, 5) is 11.1. The topological polar surface area (TPSA) is 63.3 Å². The Balaban J connectivity index is 2.84. The Morgan fingerprint density at radius 2 is 2.46 bits per heavy atom. The lowest BCUT2D eigenvalue weighted by Crippen LogP contribution is -2.43. The largest absolute Gasteiger partial charge is 0.481 e. The molecular formula is C10H15NO2. The number of carboxylic acids is 1. The van der Waals surface area contributed by atoms with E-state index in [2.05, 4.69) is 11.8 Å². The van der Waals surface area contributed by atoms with Crippen LogP contribution in [0.3, 0.4) is 0 Å². The van der Waals surface area contributed by atoms with Crippen LogP contribution in [0.4, 0.5) is 0 Å². The molecule has 0 heterocycles. The van der Waals surface area contributed by atoms with E-state index in [4.69, 9.17) is 10.8 Å². The molecule has 0 aromatic rings. The zero-order valence-corrected chi connectivity index (χ0v) is 7.84. The second kappa shape index (κ2) is 3.80. The third-order valence-corrected chi connectivity index (χ3v) is 2.85. The Hall–Kier alpha value is -1.01. The lowest BCUT2D eigenvalue weighted by Gasteiger charge is -2.26. The van der Waals surface area contributed by atoms with E-state index in [1.807, 2.05) is 0 Å². The smallest absolute Gasteiger partial charge is 0.312 e. The van der Waals surface area contributed by atoms with Gasteiger partial charge in [-0.2, -0.15) is 0 Å². The molecule has 3 heteroatoms. The minimum absolute atomic E-state index is 0.231. The number of rotatable bonds is 2. The van der Waals surface area contributed by atoms with Crippen molar-refractivity contribution >= 4 is 5.97 Å². The van der Waals surface area contributed by atoms with Gasteiger partial charge < -0.3 is 10.8 Å². The van der Waals surface area contributed by atoms with Gasteiger partial charge in [-0.3, -0.25) is 4.79 Å². The summed E-state index contributed by atoms with van der Waals surface area (Å²) in [7, 11) is 0. The van der Waals surface area contributed by atoms with Crippen LogP contribution in [-0.4, -0.2) is 17.1 Å². The molecule has 13 heavy (non-hydrogen) atoms. The van der Waals surface area contributed by atoms with E-state index < -0.39 is 11.4 Å². The minimum Gasteiger partial charge on any atom is -0.481 e. The van der Waals surface area contributed by atoms with E-state index in [0.29, 0.717) is 12.8 Å². The van der Waals surface area contributed by atoms with Crippen molar-refractivity contribution < 1.29 is 9.90 Å². The number of hydrogen-bond acceptors (Lipinski definition) is 2. The van der Waals surface area contributed by atoms with Gasteiger partial charge in [0.15, 0.2) is 0 Å². The van der Waals surface area contributed by atoms with Gasteiger partial charge in [0.25, 0.3) is 0 Å². The average molecular weight is 181 g/mol. The Bertz CT molecular complexity index is 264. The molecule has 0 bridgehead atoms. The molecule has 0 amide bonds. The molecule has 1 fully saturated rings. The van der Waals surface area contributed by atoms with Crippen molar-refractivity contribution in [3.8, 4) is 11.8 Å². The Kier molecular flexibility index (Phi) is 2.94. The van der Waals surface area contributed by atoms with Crippen LogP contribution in [0, 0.1) is 17.3 Å². The third kappa shape index (κ3) is 1.68. The standard InChI is InChI=1S/C10H15NO2/c1-2-3-6-10(9(12)13)7-4-5-8(10)11/h8H,4-7,11H2,1H3,(H,12,13)/t8-,10-/m1/s1. The molecule has 3 N–H and O–H groups in total. The molecule has 1 aliphatic carbocycles. The Morgan fingerprint density at radius 3 is 2.85 bits per heavy atom. The molecule has 3 nitrogen and oxygen atoms in total. The van der Waals surface area contributed by atoms with Gasteiger partial charge in [-0.1, -0.05) is 6.42 Å². The summed E-state index contributed by atoms with van der Waals surface area (Å²) in [6.07, 6.45) is 2.76. The summed E-state index contributed by atoms with van der Waals surface area (Å²) in [5, 5.41) is 9.11. The lowest BCUT2D eigenvalue weighted by molar-refractivity contribution is -0.149. The maximum atomic E-state index is 11.1. The fourth-order valence-corrected chi connectivity index (χ4v) is 1.91. The van der Waals surface area contributed by atoms with Crippen molar-refractivity contribution in [3.63, 3.8) is 0 Å². The van der Waals surface area contributed by atoms with Gasteiger partial charge in [-0.05, 0) is 19.8 Å². The molecule has 0 radical (unpaired) electrons. The number of carboxylic acid groups (broad SMARTS) is 1. The van der Waals surface area contributed by atoms with Crippen molar-refractivity contribution in [2.24, 2.45) is 11.1 Å². The summed E-state index contributed by atoms with van der Waals surface area (Å²) in [6, 6.07) is -0.231. The van der Waals surface area contributed by atoms with E-state index in [1.54, 1.807) is 6.92 Å². The minimum atomic E-state index is -0.791. The number of nitrogens with two attached hydrogens (primary N) is 1. The molecule has 0 aliphatic heterocycles. The van der Waals surface area contributed by atoms with Gasteiger partial charge in [-0.15, -0.1) is 11.8 Å². The van der Waals surface area contributed by atoms with Crippen LogP contribution in [0.2, 0.25) is 0 Å². The van der Waals surface area contributed by atoms with Crippen LogP contribution in [0.15, 0.2) is 0 Å². The normalized spacial score (nSPS) is 32.3. The summed E-state index contributed by atoms with van der Waals surface area (Å²) in [5.41, 5.74) is 5.03. The first kappa shape index (κ1) is 10.1. The SMILES string of the molecule is CC#CC[C@@]1(C(=O)O)CCC[C@H]1N. The Labute approximate surface area is 78.3 Å². The molecule has 2 atom stereocenters. The van der Waals surface area contributed by atoms with Gasteiger partial charge in [0.05, 0.1) is 5.41 Å². The predicted molar refractivity (Wildman–Crippen MR) is 50.0 cm³/mol. The number of carbonyl (C=O) groups is 1. The highest BCUT2D eigenvalue weighted by Gasteiger charge is 2.46. The van der Waals surface area contributed by atoms with E-state index in [-0.39, 0.29) is 6.04 Å². The van der Waals surface area contributed by atoms with Crippen molar-refractivity contribution in [1.82, 2.24) is 0 Å². The fourth-order valence-electron chi connectivity index (χ4n) is 1.91. The van der Waals surface area contributed by atoms with E-state index in [1.165, 1.54) is 0 Å². The highest BCUT2D eigenvalue weighted by molar-refractivity contribution is 5.76. The van der Waals surface area contributed by atoms with Crippen LogP contribution in [0.1, 0.15) is 32.6 Å². The Morgan fingerprint density at radius 1 is 1.77 bits per heavy atom. The lowest BCUT2D eigenvalue weighted by atomic mass is 9.80. The molecular weight excluding hydrogens is 166 g/mol. The van der Waals surface area contributed by atoms with Crippen molar-refractivity contribution in [2.45, 2.75) is 38.6 Å². The summed E-state index contributed by atoms with van der Waals surface area (Å²) in [6.45, 7) is 1.72. The second-order valence-electron chi connectivity index (χ2n) is 3.56. The van der Waals surface area contributed by atoms with Crippen LogP contribution in [0.5, 0.6) is 0 Å². The van der Waals surface area contributed by atoms with E-state index >= 15 is 0 Å². The summed E-state index contributed by atoms with van der Waals surface area (Å²) >= 11 is 0. The maximum Gasteiger partial charge on any atom is 0.312 e. The first-order valence-electron chi connectivity index (χ1n) is 4.52. The first-order chi connectivity index (χ1) is 6.13. The van der Waals surface area contributed by atoms with Crippen LogP contribution in [0.25, 0.3) is 0 Å². The molecule has 72 valence electrons. The second-order valence-corrected chi connectivity index (χ2v) is 3.56. The molecule has 1 rings (SSSR count). The monoisotopic (exact) mass is 181 g/mol. The van der Waals surface area contributed by atoms with Crippen LogP contribution in [-0.2, 0) is 4.79 Å². The van der Waals surface area contributed by atoms with E-state index in [0.717, 1.165) is 12.8 Å². The summed E-state index contributed by atoms with van der Waals surface area (Å²) in [5.74, 6) is 4.77. The van der Waals surface area contributed by atoms with Gasteiger partial charge in [0, 0.05) is 12.5 Å². The van der Waals surface area contributed by atoms with E-state index in [9.17, 15) is 4.79 Å². The third-order valence-electron chi connectivity index (χ3n) is 2.85. The average Bonchev–Trinajstić information content (AvgIpc) is 2.45. The van der Waals surface area contributed by atoms with Crippen molar-refractivity contribution in [1.29, 1.82) is 0 Å². The molecule has 0 unspecified atom stereocenters.